The molecule has 0 saturated carbocycles. The molecule has 112 valence electrons. The Labute approximate surface area is 120 Å². The van der Waals surface area contributed by atoms with E-state index in [-0.39, 0.29) is 11.7 Å². The standard InChI is InChI=1S/C16H24FNO2/c1-4-5-6-7-8-12(3)20-16(19)14-10-13(18)9-11(2)15(14)17/h9-10,12H,4-8,18H2,1-3H3. The van der Waals surface area contributed by atoms with Gasteiger partial charge in [0.25, 0.3) is 0 Å². The number of hydrogen-bond acceptors (Lipinski definition) is 3. The van der Waals surface area contributed by atoms with E-state index in [1.165, 1.54) is 25.0 Å². The Morgan fingerprint density at radius 3 is 2.70 bits per heavy atom. The van der Waals surface area contributed by atoms with Crippen molar-refractivity contribution in [3.63, 3.8) is 0 Å². The van der Waals surface area contributed by atoms with Crippen molar-refractivity contribution in [1.82, 2.24) is 0 Å². The third-order valence-electron chi connectivity index (χ3n) is 3.27. The monoisotopic (exact) mass is 281 g/mol. The lowest BCUT2D eigenvalue weighted by molar-refractivity contribution is 0.0314. The van der Waals surface area contributed by atoms with E-state index in [4.69, 9.17) is 10.5 Å². The zero-order valence-corrected chi connectivity index (χ0v) is 12.5. The first-order valence-electron chi connectivity index (χ1n) is 7.22. The van der Waals surface area contributed by atoms with E-state index in [1.807, 2.05) is 6.92 Å². The fourth-order valence-electron chi connectivity index (χ4n) is 2.11. The Bertz CT molecular complexity index is 460. The number of benzene rings is 1. The number of aryl methyl sites for hydroxylation is 1. The highest BCUT2D eigenvalue weighted by molar-refractivity contribution is 5.91. The van der Waals surface area contributed by atoms with Gasteiger partial charge in [0.15, 0.2) is 0 Å². The Balaban J connectivity index is 2.58. The number of halogens is 1. The summed E-state index contributed by atoms with van der Waals surface area (Å²) in [5, 5.41) is 0. The van der Waals surface area contributed by atoms with Gasteiger partial charge in [-0.05, 0) is 44.4 Å². The summed E-state index contributed by atoms with van der Waals surface area (Å²) in [6.45, 7) is 5.56. The van der Waals surface area contributed by atoms with Gasteiger partial charge in [-0.1, -0.05) is 26.2 Å². The summed E-state index contributed by atoms with van der Waals surface area (Å²) in [7, 11) is 0. The van der Waals surface area contributed by atoms with Crippen molar-refractivity contribution in [2.75, 3.05) is 5.73 Å². The van der Waals surface area contributed by atoms with E-state index in [1.54, 1.807) is 6.92 Å². The van der Waals surface area contributed by atoms with Gasteiger partial charge in [-0.3, -0.25) is 0 Å². The summed E-state index contributed by atoms with van der Waals surface area (Å²) in [4.78, 5) is 12.0. The van der Waals surface area contributed by atoms with Crippen molar-refractivity contribution in [3.05, 3.63) is 29.1 Å². The zero-order valence-electron chi connectivity index (χ0n) is 12.5. The molecule has 0 bridgehead atoms. The van der Waals surface area contributed by atoms with Gasteiger partial charge in [-0.2, -0.15) is 0 Å². The van der Waals surface area contributed by atoms with Crippen LogP contribution in [0.15, 0.2) is 12.1 Å². The molecule has 4 heteroatoms. The van der Waals surface area contributed by atoms with Gasteiger partial charge in [0, 0.05) is 5.69 Å². The lowest BCUT2D eigenvalue weighted by Gasteiger charge is -2.14. The van der Waals surface area contributed by atoms with Gasteiger partial charge in [0.05, 0.1) is 11.7 Å². The molecule has 1 rings (SSSR count). The van der Waals surface area contributed by atoms with Gasteiger partial charge in [-0.25, -0.2) is 9.18 Å². The molecule has 1 aromatic rings. The molecule has 3 nitrogen and oxygen atoms in total. The molecule has 0 saturated heterocycles. The van der Waals surface area contributed by atoms with E-state index in [0.717, 1.165) is 19.3 Å². The SMILES string of the molecule is CCCCCCC(C)OC(=O)c1cc(N)cc(C)c1F. The minimum atomic E-state index is -0.638. The van der Waals surface area contributed by atoms with E-state index in [0.29, 0.717) is 11.3 Å². The van der Waals surface area contributed by atoms with Crippen LogP contribution < -0.4 is 5.73 Å². The molecule has 1 atom stereocenters. The quantitative estimate of drug-likeness (QED) is 0.462. The number of carbonyl (C=O) groups is 1. The molecule has 0 amide bonds. The Morgan fingerprint density at radius 1 is 1.35 bits per heavy atom. The summed E-state index contributed by atoms with van der Waals surface area (Å²) < 4.78 is 19.2. The van der Waals surface area contributed by atoms with Crippen molar-refractivity contribution in [2.24, 2.45) is 0 Å². The minimum absolute atomic E-state index is 0.0806. The average molecular weight is 281 g/mol. The maximum absolute atomic E-state index is 13.9. The topological polar surface area (TPSA) is 52.3 Å². The van der Waals surface area contributed by atoms with Gasteiger partial charge in [0.2, 0.25) is 0 Å². The number of anilines is 1. The fourth-order valence-corrected chi connectivity index (χ4v) is 2.11. The second-order valence-electron chi connectivity index (χ2n) is 5.26. The lowest BCUT2D eigenvalue weighted by Crippen LogP contribution is -2.17. The van der Waals surface area contributed by atoms with Crippen molar-refractivity contribution in [2.45, 2.75) is 59.0 Å². The predicted molar refractivity (Wildman–Crippen MR) is 79.2 cm³/mol. The summed E-state index contributed by atoms with van der Waals surface area (Å²) in [5.41, 5.74) is 6.28. The minimum Gasteiger partial charge on any atom is -0.459 e. The second-order valence-corrected chi connectivity index (χ2v) is 5.26. The maximum atomic E-state index is 13.9. The molecule has 1 unspecified atom stereocenters. The molecule has 0 fully saturated rings. The molecular formula is C16H24FNO2. The number of nitrogens with two attached hydrogens (primary N) is 1. The molecule has 0 spiro atoms. The van der Waals surface area contributed by atoms with Crippen LogP contribution in [0.1, 0.15) is 61.9 Å². The van der Waals surface area contributed by atoms with E-state index < -0.39 is 11.8 Å². The van der Waals surface area contributed by atoms with Crippen LogP contribution in [0.4, 0.5) is 10.1 Å². The van der Waals surface area contributed by atoms with Crippen LogP contribution in [-0.2, 0) is 4.74 Å². The smallest absolute Gasteiger partial charge is 0.341 e. The molecule has 0 heterocycles. The fraction of sp³-hybridized carbons (Fsp3) is 0.562. The summed E-state index contributed by atoms with van der Waals surface area (Å²) >= 11 is 0. The van der Waals surface area contributed by atoms with Crippen molar-refractivity contribution >= 4 is 11.7 Å². The third kappa shape index (κ3) is 4.83. The number of ether oxygens (including phenoxy) is 1. The van der Waals surface area contributed by atoms with Crippen molar-refractivity contribution < 1.29 is 13.9 Å². The number of rotatable bonds is 7. The predicted octanol–water partition coefficient (Wildman–Crippen LogP) is 4.23. The number of hydrogen-bond donors (Lipinski definition) is 1. The van der Waals surface area contributed by atoms with Gasteiger partial charge < -0.3 is 10.5 Å². The highest BCUT2D eigenvalue weighted by Gasteiger charge is 2.18. The first-order valence-corrected chi connectivity index (χ1v) is 7.22. The second kappa shape index (κ2) is 7.88. The van der Waals surface area contributed by atoms with Crippen LogP contribution in [-0.4, -0.2) is 12.1 Å². The molecule has 0 aliphatic carbocycles. The molecule has 2 N–H and O–H groups in total. The van der Waals surface area contributed by atoms with Crippen LogP contribution in [0, 0.1) is 12.7 Å². The lowest BCUT2D eigenvalue weighted by atomic mass is 10.1. The Kier molecular flexibility index (Phi) is 6.49. The molecule has 0 aliphatic rings. The number of carbonyl (C=O) groups excluding carboxylic acids is 1. The Morgan fingerprint density at radius 2 is 2.05 bits per heavy atom. The van der Waals surface area contributed by atoms with Crippen LogP contribution in [0.25, 0.3) is 0 Å². The normalized spacial score (nSPS) is 12.2. The maximum Gasteiger partial charge on any atom is 0.341 e. The van der Waals surface area contributed by atoms with Gasteiger partial charge >= 0.3 is 5.97 Å². The molecule has 0 radical (unpaired) electrons. The molecule has 20 heavy (non-hydrogen) atoms. The van der Waals surface area contributed by atoms with Crippen molar-refractivity contribution in [1.29, 1.82) is 0 Å². The molecule has 1 aromatic carbocycles. The van der Waals surface area contributed by atoms with Gasteiger partial charge in [0.1, 0.15) is 5.82 Å². The van der Waals surface area contributed by atoms with E-state index >= 15 is 0 Å². The number of nitrogen functional groups attached to an aromatic ring is 1. The van der Waals surface area contributed by atoms with Crippen LogP contribution in [0.2, 0.25) is 0 Å². The summed E-state index contributed by atoms with van der Waals surface area (Å²) in [6.07, 6.45) is 5.09. The van der Waals surface area contributed by atoms with Crippen LogP contribution >= 0.6 is 0 Å². The first kappa shape index (κ1) is 16.5. The van der Waals surface area contributed by atoms with E-state index in [2.05, 4.69) is 6.92 Å². The number of esters is 1. The highest BCUT2D eigenvalue weighted by atomic mass is 19.1. The van der Waals surface area contributed by atoms with Crippen LogP contribution in [0.5, 0.6) is 0 Å². The molecule has 0 aromatic heterocycles. The summed E-state index contributed by atoms with van der Waals surface area (Å²) in [5.74, 6) is -1.19. The highest BCUT2D eigenvalue weighted by Crippen LogP contribution is 2.19. The van der Waals surface area contributed by atoms with Crippen molar-refractivity contribution in [3.8, 4) is 0 Å². The third-order valence-corrected chi connectivity index (χ3v) is 3.27. The van der Waals surface area contributed by atoms with Gasteiger partial charge in [-0.15, -0.1) is 0 Å². The zero-order chi connectivity index (χ0) is 15.1. The number of unbranched alkanes of at least 4 members (excludes halogenated alkanes) is 3. The average Bonchev–Trinajstić information content (AvgIpc) is 2.38. The summed E-state index contributed by atoms with van der Waals surface area (Å²) in [6, 6.07) is 2.83. The first-order chi connectivity index (χ1) is 9.45. The molecule has 0 aliphatic heterocycles. The Hall–Kier alpha value is -1.58. The van der Waals surface area contributed by atoms with E-state index in [9.17, 15) is 9.18 Å². The largest absolute Gasteiger partial charge is 0.459 e. The van der Waals surface area contributed by atoms with Crippen LogP contribution in [0.3, 0.4) is 0 Å². The molecular weight excluding hydrogens is 257 g/mol.